The van der Waals surface area contributed by atoms with Crippen molar-refractivity contribution in [3.63, 3.8) is 0 Å². The second-order valence-corrected chi connectivity index (χ2v) is 5.89. The molecule has 5 nitrogen and oxygen atoms in total. The van der Waals surface area contributed by atoms with Crippen LogP contribution >= 0.6 is 0 Å². The van der Waals surface area contributed by atoms with Gasteiger partial charge in [-0.25, -0.2) is 0 Å². The zero-order chi connectivity index (χ0) is 18.4. The van der Waals surface area contributed by atoms with Gasteiger partial charge in [-0.2, -0.15) is 0 Å². The van der Waals surface area contributed by atoms with Crippen molar-refractivity contribution in [3.05, 3.63) is 47.0 Å². The third kappa shape index (κ3) is 4.17. The van der Waals surface area contributed by atoms with Gasteiger partial charge in [0.25, 0.3) is 0 Å². The Hall–Kier alpha value is -2.40. The molecule has 0 aliphatic rings. The first kappa shape index (κ1) is 18.9. The molecule has 5 heteroatoms. The molecule has 0 spiro atoms. The molecule has 2 rings (SSSR count). The van der Waals surface area contributed by atoms with E-state index in [1.807, 2.05) is 24.3 Å². The molecule has 0 fully saturated rings. The van der Waals surface area contributed by atoms with Crippen LogP contribution in [-0.4, -0.2) is 35.0 Å². The Morgan fingerprint density at radius 3 is 1.96 bits per heavy atom. The van der Waals surface area contributed by atoms with E-state index in [0.29, 0.717) is 23.8 Å². The van der Waals surface area contributed by atoms with Crippen molar-refractivity contribution >= 4 is 0 Å². The number of ether oxygens (including phenoxy) is 4. The molecule has 0 aliphatic heterocycles. The number of hydrogen-bond donors (Lipinski definition) is 1. The third-order valence-corrected chi connectivity index (χ3v) is 4.41. The molecule has 0 heterocycles. The molecule has 0 bridgehead atoms. The lowest BCUT2D eigenvalue weighted by Crippen LogP contribution is -2.16. The molecule has 0 saturated heterocycles. The highest BCUT2D eigenvalue weighted by Crippen LogP contribution is 2.39. The molecule has 1 unspecified atom stereocenters. The van der Waals surface area contributed by atoms with Gasteiger partial charge < -0.3 is 24.7 Å². The Labute approximate surface area is 149 Å². The molecule has 0 amide bonds. The van der Waals surface area contributed by atoms with Crippen molar-refractivity contribution in [2.75, 3.05) is 35.0 Å². The number of aryl methyl sites for hydroxylation is 1. The van der Waals surface area contributed by atoms with Crippen molar-refractivity contribution in [3.8, 4) is 23.0 Å². The van der Waals surface area contributed by atoms with Gasteiger partial charge in [-0.05, 0) is 60.8 Å². The van der Waals surface area contributed by atoms with Crippen LogP contribution in [-0.2, 0) is 6.42 Å². The van der Waals surface area contributed by atoms with Gasteiger partial charge in [0.2, 0.25) is 5.75 Å². The first-order valence-corrected chi connectivity index (χ1v) is 8.21. The maximum atomic E-state index is 6.07. The Kier molecular flexibility index (Phi) is 6.53. The lowest BCUT2D eigenvalue weighted by atomic mass is 9.89. The number of methoxy groups -OCH3 is 4. The van der Waals surface area contributed by atoms with Crippen molar-refractivity contribution in [1.82, 2.24) is 0 Å². The van der Waals surface area contributed by atoms with E-state index in [9.17, 15) is 0 Å². The Bertz CT molecular complexity index is 690. The third-order valence-electron chi connectivity index (χ3n) is 4.41. The van der Waals surface area contributed by atoms with Crippen LogP contribution < -0.4 is 24.7 Å². The summed E-state index contributed by atoms with van der Waals surface area (Å²) in [6.07, 6.45) is 0.778. The summed E-state index contributed by atoms with van der Waals surface area (Å²) in [4.78, 5) is 0. The summed E-state index contributed by atoms with van der Waals surface area (Å²) in [6.45, 7) is 2.62. The van der Waals surface area contributed by atoms with Gasteiger partial charge >= 0.3 is 0 Å². The number of benzene rings is 2. The van der Waals surface area contributed by atoms with Gasteiger partial charge in [-0.3, -0.25) is 0 Å². The first-order valence-electron chi connectivity index (χ1n) is 8.21. The van der Waals surface area contributed by atoms with Gasteiger partial charge in [0.1, 0.15) is 5.75 Å². The van der Waals surface area contributed by atoms with E-state index in [2.05, 4.69) is 13.0 Å². The molecular weight excluding hydrogens is 318 g/mol. The Morgan fingerprint density at radius 2 is 1.52 bits per heavy atom. The predicted octanol–water partition coefficient (Wildman–Crippen LogP) is 3.31. The van der Waals surface area contributed by atoms with E-state index in [1.165, 1.54) is 11.1 Å². The fourth-order valence-corrected chi connectivity index (χ4v) is 3.09. The van der Waals surface area contributed by atoms with Crippen LogP contribution in [0.3, 0.4) is 0 Å². The van der Waals surface area contributed by atoms with Crippen molar-refractivity contribution in [1.29, 1.82) is 0 Å². The van der Waals surface area contributed by atoms with Crippen molar-refractivity contribution in [2.24, 2.45) is 5.73 Å². The van der Waals surface area contributed by atoms with Crippen LogP contribution in [0.1, 0.15) is 22.6 Å². The average molecular weight is 345 g/mol. The second-order valence-electron chi connectivity index (χ2n) is 5.89. The normalized spacial score (nSPS) is 11.8. The van der Waals surface area contributed by atoms with Crippen LogP contribution in [0.25, 0.3) is 0 Å². The van der Waals surface area contributed by atoms with Crippen LogP contribution in [0, 0.1) is 6.92 Å². The molecule has 2 aromatic carbocycles. The molecule has 0 aliphatic carbocycles. The molecule has 25 heavy (non-hydrogen) atoms. The minimum atomic E-state index is 0.189. The van der Waals surface area contributed by atoms with Gasteiger partial charge in [0.05, 0.1) is 28.4 Å². The smallest absolute Gasteiger partial charge is 0.203 e. The Morgan fingerprint density at radius 1 is 0.880 bits per heavy atom. The van der Waals surface area contributed by atoms with Crippen molar-refractivity contribution in [2.45, 2.75) is 19.3 Å². The van der Waals surface area contributed by atoms with E-state index >= 15 is 0 Å². The molecule has 2 aromatic rings. The SMILES string of the molecule is COc1ccc(C(CN)Cc2cc(OC)c(OC)c(OC)c2)c(C)c1. The monoisotopic (exact) mass is 345 g/mol. The molecular formula is C20H27NO4. The number of nitrogens with two attached hydrogens (primary N) is 1. The number of rotatable bonds is 8. The molecule has 0 saturated carbocycles. The predicted molar refractivity (Wildman–Crippen MR) is 99.3 cm³/mol. The lowest BCUT2D eigenvalue weighted by Gasteiger charge is -2.20. The van der Waals surface area contributed by atoms with Crippen molar-refractivity contribution < 1.29 is 18.9 Å². The Balaban J connectivity index is 2.36. The summed E-state index contributed by atoms with van der Waals surface area (Å²) in [7, 11) is 6.51. The van der Waals surface area contributed by atoms with Gasteiger partial charge in [-0.1, -0.05) is 6.07 Å². The van der Waals surface area contributed by atoms with E-state index in [4.69, 9.17) is 24.7 Å². The zero-order valence-electron chi connectivity index (χ0n) is 15.6. The lowest BCUT2D eigenvalue weighted by molar-refractivity contribution is 0.323. The van der Waals surface area contributed by atoms with E-state index in [1.54, 1.807) is 28.4 Å². The van der Waals surface area contributed by atoms with Crippen LogP contribution in [0.5, 0.6) is 23.0 Å². The maximum Gasteiger partial charge on any atom is 0.203 e. The highest BCUT2D eigenvalue weighted by Gasteiger charge is 2.18. The summed E-state index contributed by atoms with van der Waals surface area (Å²) in [6, 6.07) is 10.0. The van der Waals surface area contributed by atoms with E-state index in [-0.39, 0.29) is 5.92 Å². The zero-order valence-corrected chi connectivity index (χ0v) is 15.6. The summed E-state index contributed by atoms with van der Waals surface area (Å²) in [5.74, 6) is 2.94. The summed E-state index contributed by atoms with van der Waals surface area (Å²) >= 11 is 0. The largest absolute Gasteiger partial charge is 0.497 e. The van der Waals surface area contributed by atoms with Crippen LogP contribution in [0.2, 0.25) is 0 Å². The molecule has 2 N–H and O–H groups in total. The minimum absolute atomic E-state index is 0.189. The van der Waals surface area contributed by atoms with Gasteiger partial charge in [0, 0.05) is 5.92 Å². The molecule has 0 aromatic heterocycles. The molecule has 136 valence electrons. The standard InChI is InChI=1S/C20H27NO4/c1-13-8-16(22-2)6-7-17(13)15(12-21)9-14-10-18(23-3)20(25-5)19(11-14)24-4/h6-8,10-11,15H,9,12,21H2,1-5H3. The maximum absolute atomic E-state index is 6.07. The topological polar surface area (TPSA) is 62.9 Å². The average Bonchev–Trinajstić information content (AvgIpc) is 2.65. The first-order chi connectivity index (χ1) is 12.1. The summed E-state index contributed by atoms with van der Waals surface area (Å²) in [5, 5.41) is 0. The van der Waals surface area contributed by atoms with Crippen LogP contribution in [0.15, 0.2) is 30.3 Å². The molecule has 1 atom stereocenters. The summed E-state index contributed by atoms with van der Waals surface area (Å²) < 4.78 is 21.6. The molecule has 0 radical (unpaired) electrons. The second kappa shape index (κ2) is 8.62. The fourth-order valence-electron chi connectivity index (χ4n) is 3.09. The van der Waals surface area contributed by atoms with E-state index in [0.717, 1.165) is 17.7 Å². The quantitative estimate of drug-likeness (QED) is 0.795. The van der Waals surface area contributed by atoms with Gasteiger partial charge in [-0.15, -0.1) is 0 Å². The highest BCUT2D eigenvalue weighted by molar-refractivity contribution is 5.54. The van der Waals surface area contributed by atoms with Gasteiger partial charge in [0.15, 0.2) is 11.5 Å². The fraction of sp³-hybridized carbons (Fsp3) is 0.400. The summed E-state index contributed by atoms with van der Waals surface area (Å²) in [5.41, 5.74) is 9.54. The highest BCUT2D eigenvalue weighted by atomic mass is 16.5. The number of hydrogen-bond acceptors (Lipinski definition) is 5. The van der Waals surface area contributed by atoms with Crippen LogP contribution in [0.4, 0.5) is 0 Å². The van der Waals surface area contributed by atoms with E-state index < -0.39 is 0 Å². The minimum Gasteiger partial charge on any atom is -0.497 e.